The third-order valence-electron chi connectivity index (χ3n) is 3.86. The summed E-state index contributed by atoms with van der Waals surface area (Å²) in [6, 6.07) is 13.7. The third-order valence-corrected chi connectivity index (χ3v) is 3.86. The summed E-state index contributed by atoms with van der Waals surface area (Å²) < 4.78 is 14.4. The lowest BCUT2D eigenvalue weighted by Crippen LogP contribution is -2.24. The average Bonchev–Trinajstić information content (AvgIpc) is 3.10. The highest BCUT2D eigenvalue weighted by Gasteiger charge is 2.27. The molecule has 24 heavy (non-hydrogen) atoms. The van der Waals surface area contributed by atoms with Crippen LogP contribution in [0.3, 0.4) is 0 Å². The van der Waals surface area contributed by atoms with Gasteiger partial charge in [0.1, 0.15) is 23.5 Å². The van der Waals surface area contributed by atoms with Gasteiger partial charge in [-0.05, 0) is 36.4 Å². The number of rotatable bonds is 3. The maximum atomic E-state index is 5.35. The minimum atomic E-state index is 0.650. The van der Waals surface area contributed by atoms with Crippen molar-refractivity contribution in [1.29, 1.82) is 0 Å². The van der Waals surface area contributed by atoms with Gasteiger partial charge in [0.2, 0.25) is 6.21 Å². The highest BCUT2D eigenvalue weighted by atomic mass is 16.5. The molecule has 7 heteroatoms. The van der Waals surface area contributed by atoms with E-state index >= 15 is 0 Å². The molecule has 4 rings (SSSR count). The Kier molecular flexibility index (Phi) is 3.38. The third kappa shape index (κ3) is 2.36. The first-order valence-corrected chi connectivity index (χ1v) is 7.42. The second-order valence-corrected chi connectivity index (χ2v) is 5.26. The summed E-state index contributed by atoms with van der Waals surface area (Å²) >= 11 is 0. The van der Waals surface area contributed by atoms with Gasteiger partial charge in [-0.1, -0.05) is 4.68 Å². The predicted octanol–water partition coefficient (Wildman–Crippen LogP) is 2.39. The molecule has 0 amide bonds. The number of fused-ring (bicyclic) bond motifs is 3. The van der Waals surface area contributed by atoms with E-state index in [0.29, 0.717) is 5.95 Å². The minimum Gasteiger partial charge on any atom is -0.497 e. The number of aromatic nitrogens is 3. The van der Waals surface area contributed by atoms with Gasteiger partial charge in [0.25, 0.3) is 11.6 Å². The van der Waals surface area contributed by atoms with E-state index in [0.717, 1.165) is 28.4 Å². The van der Waals surface area contributed by atoms with Crippen molar-refractivity contribution in [3.05, 3.63) is 54.4 Å². The van der Waals surface area contributed by atoms with E-state index in [4.69, 9.17) is 9.47 Å². The monoisotopic (exact) mass is 322 g/mol. The van der Waals surface area contributed by atoms with Crippen LogP contribution in [0.2, 0.25) is 0 Å². The van der Waals surface area contributed by atoms with Crippen molar-refractivity contribution in [2.24, 2.45) is 0 Å². The van der Waals surface area contributed by atoms with Gasteiger partial charge >= 0.3 is 0 Å². The van der Waals surface area contributed by atoms with Crippen molar-refractivity contribution >= 4 is 17.9 Å². The number of anilines is 1. The van der Waals surface area contributed by atoms with Crippen molar-refractivity contribution in [2.45, 2.75) is 0 Å². The molecule has 0 fully saturated rings. The number of nitrogens with zero attached hydrogens (tertiary/aromatic N) is 4. The largest absolute Gasteiger partial charge is 0.497 e. The fourth-order valence-corrected chi connectivity index (χ4v) is 2.62. The van der Waals surface area contributed by atoms with Gasteiger partial charge in [-0.2, -0.15) is 0 Å². The molecule has 3 aromatic rings. The van der Waals surface area contributed by atoms with E-state index < -0.39 is 0 Å². The Morgan fingerprint density at radius 2 is 1.79 bits per heavy atom. The van der Waals surface area contributed by atoms with Gasteiger partial charge in [0.15, 0.2) is 0 Å². The lowest BCUT2D eigenvalue weighted by molar-refractivity contribution is -0.402. The van der Waals surface area contributed by atoms with E-state index in [1.165, 1.54) is 0 Å². The van der Waals surface area contributed by atoms with Crippen molar-refractivity contribution in [3.8, 4) is 17.2 Å². The van der Waals surface area contributed by atoms with Gasteiger partial charge in [-0.25, -0.2) is 0 Å². The summed E-state index contributed by atoms with van der Waals surface area (Å²) in [5.41, 5.74) is 6.17. The number of hydrazone groups is 1. The van der Waals surface area contributed by atoms with Gasteiger partial charge in [-0.3, -0.25) is 4.57 Å². The molecule has 0 spiro atoms. The molecule has 0 saturated heterocycles. The second kappa shape index (κ2) is 5.69. The Balaban J connectivity index is 1.83. The SMILES string of the molecule is COc1ccc(/C=[N+]2\Nc3nncn3-c3ccc(OC)cc32)cc1. The fraction of sp³-hybridized carbons (Fsp3) is 0.118. The fourth-order valence-electron chi connectivity index (χ4n) is 2.62. The predicted molar refractivity (Wildman–Crippen MR) is 89.6 cm³/mol. The van der Waals surface area contributed by atoms with E-state index in [9.17, 15) is 0 Å². The molecule has 0 atom stereocenters. The molecule has 1 N–H and O–H groups in total. The number of benzene rings is 2. The first-order chi connectivity index (χ1) is 11.8. The van der Waals surface area contributed by atoms with Crippen LogP contribution in [0.1, 0.15) is 5.56 Å². The highest BCUT2D eigenvalue weighted by Crippen LogP contribution is 2.33. The molecule has 0 bridgehead atoms. The maximum Gasteiger partial charge on any atom is 0.284 e. The Bertz CT molecular complexity index is 915. The molecule has 0 unspecified atom stereocenters. The number of hydrogen-bond donors (Lipinski definition) is 1. The van der Waals surface area contributed by atoms with Crippen LogP contribution in [-0.2, 0) is 0 Å². The number of ether oxygens (including phenoxy) is 2. The van der Waals surface area contributed by atoms with Crippen LogP contribution in [0.25, 0.3) is 5.69 Å². The average molecular weight is 322 g/mol. The molecule has 0 radical (unpaired) electrons. The number of hydrogen-bond acceptors (Lipinski definition) is 5. The molecule has 7 nitrogen and oxygen atoms in total. The van der Waals surface area contributed by atoms with Gasteiger partial charge < -0.3 is 9.47 Å². The van der Waals surface area contributed by atoms with Gasteiger partial charge in [0.05, 0.1) is 20.3 Å². The zero-order valence-electron chi connectivity index (χ0n) is 13.3. The zero-order valence-corrected chi connectivity index (χ0v) is 13.3. The lowest BCUT2D eigenvalue weighted by Gasteiger charge is -2.16. The summed E-state index contributed by atoms with van der Waals surface area (Å²) in [5.74, 6) is 2.25. The van der Waals surface area contributed by atoms with Crippen LogP contribution in [0.4, 0.5) is 11.6 Å². The number of methoxy groups -OCH3 is 2. The summed E-state index contributed by atoms with van der Waals surface area (Å²) in [6.45, 7) is 0. The molecule has 1 aromatic heterocycles. The van der Waals surface area contributed by atoms with E-state index in [-0.39, 0.29) is 0 Å². The van der Waals surface area contributed by atoms with Gasteiger partial charge in [0, 0.05) is 5.56 Å². The Hall–Kier alpha value is -3.35. The molecule has 1 aliphatic rings. The molecular formula is C17H16N5O2+. The summed E-state index contributed by atoms with van der Waals surface area (Å²) in [5, 5.41) is 8.08. The highest BCUT2D eigenvalue weighted by molar-refractivity contribution is 5.78. The van der Waals surface area contributed by atoms with Crippen LogP contribution in [0.5, 0.6) is 11.5 Å². The van der Waals surface area contributed by atoms with Crippen molar-refractivity contribution in [3.63, 3.8) is 0 Å². The maximum absolute atomic E-state index is 5.35. The second-order valence-electron chi connectivity index (χ2n) is 5.26. The van der Waals surface area contributed by atoms with Crippen molar-refractivity contribution in [1.82, 2.24) is 14.8 Å². The number of hydrazine groups is 1. The Morgan fingerprint density at radius 1 is 1.04 bits per heavy atom. The normalized spacial score (nSPS) is 13.8. The summed E-state index contributed by atoms with van der Waals surface area (Å²) in [6.07, 6.45) is 3.66. The topological polar surface area (TPSA) is 64.2 Å². The van der Waals surface area contributed by atoms with Crippen LogP contribution >= 0.6 is 0 Å². The van der Waals surface area contributed by atoms with Crippen LogP contribution in [0, 0.1) is 0 Å². The quantitative estimate of drug-likeness (QED) is 0.750. The standard InChI is InChI=1S/C17H16N5O2/c1-23-13-5-3-12(4-6-13)10-22-16-9-14(24-2)7-8-15(16)21-11-18-19-17(21)20-22/h3-11H,1-2H3,(H,19,20)/q+1/b22-10-. The van der Waals surface area contributed by atoms with E-state index in [1.807, 2.05) is 57.9 Å². The van der Waals surface area contributed by atoms with Crippen LogP contribution in [-0.4, -0.2) is 39.9 Å². The molecule has 2 aromatic carbocycles. The van der Waals surface area contributed by atoms with Gasteiger partial charge in [-0.15, -0.1) is 15.6 Å². The molecular weight excluding hydrogens is 306 g/mol. The van der Waals surface area contributed by atoms with Crippen LogP contribution < -0.4 is 14.9 Å². The first kappa shape index (κ1) is 14.3. The molecule has 0 aliphatic carbocycles. The Morgan fingerprint density at radius 3 is 2.54 bits per heavy atom. The summed E-state index contributed by atoms with van der Waals surface area (Å²) in [7, 11) is 3.31. The van der Waals surface area contributed by atoms with Crippen molar-refractivity contribution in [2.75, 3.05) is 19.6 Å². The molecule has 1 aliphatic heterocycles. The molecule has 0 saturated carbocycles. The zero-order chi connectivity index (χ0) is 16.5. The lowest BCUT2D eigenvalue weighted by atomic mass is 10.2. The van der Waals surface area contributed by atoms with Crippen molar-refractivity contribution < 1.29 is 14.2 Å². The van der Waals surface area contributed by atoms with Crippen LogP contribution in [0.15, 0.2) is 48.8 Å². The molecule has 2 heterocycles. The first-order valence-electron chi connectivity index (χ1n) is 7.42. The minimum absolute atomic E-state index is 0.650. The molecule has 120 valence electrons. The smallest absolute Gasteiger partial charge is 0.284 e. The van der Waals surface area contributed by atoms with E-state index in [1.54, 1.807) is 20.5 Å². The summed E-state index contributed by atoms with van der Waals surface area (Å²) in [4.78, 5) is 0. The Labute approximate surface area is 138 Å². The van der Waals surface area contributed by atoms with E-state index in [2.05, 4.69) is 15.6 Å². The number of nitrogens with one attached hydrogen (secondary N) is 1.